The number of amides is 1. The molecule has 1 amide bonds. The summed E-state index contributed by atoms with van der Waals surface area (Å²) in [7, 11) is 0. The van der Waals surface area contributed by atoms with E-state index in [0.717, 1.165) is 43.4 Å². The summed E-state index contributed by atoms with van der Waals surface area (Å²) < 4.78 is 40.7. The van der Waals surface area contributed by atoms with Crippen LogP contribution >= 0.6 is 0 Å². The lowest BCUT2D eigenvalue weighted by atomic mass is 9.92. The van der Waals surface area contributed by atoms with Crippen molar-refractivity contribution >= 4 is 5.91 Å². The minimum atomic E-state index is -4.74. The smallest absolute Gasteiger partial charge is 0.406 e. The number of halogens is 3. The molecule has 2 aromatic rings. The normalized spacial score (nSPS) is 19.7. The summed E-state index contributed by atoms with van der Waals surface area (Å²) in [5.74, 6) is -0.462. The van der Waals surface area contributed by atoms with Gasteiger partial charge in [-0.05, 0) is 61.9 Å². The quantitative estimate of drug-likeness (QED) is 0.903. The molecule has 1 aromatic heterocycles. The number of aryl methyl sites for hydroxylation is 1. The van der Waals surface area contributed by atoms with Crippen LogP contribution in [0.25, 0.3) is 0 Å². The Bertz CT molecular complexity index is 797. The number of nitrogens with one attached hydrogen (secondary N) is 1. The summed E-state index contributed by atoms with van der Waals surface area (Å²) in [6.07, 6.45) is 1.45. The van der Waals surface area contributed by atoms with Crippen molar-refractivity contribution in [3.05, 3.63) is 47.3 Å². The number of ether oxygens (including phenoxy) is 1. The zero-order valence-corrected chi connectivity index (χ0v) is 13.9. The molecule has 0 aliphatic heterocycles. The van der Waals surface area contributed by atoms with Crippen molar-refractivity contribution in [3.63, 3.8) is 0 Å². The number of alkyl halides is 3. The molecule has 0 saturated heterocycles. The average molecular weight is 365 g/mol. The van der Waals surface area contributed by atoms with Crippen molar-refractivity contribution in [1.29, 1.82) is 0 Å². The standard InChI is InChI=1S/C18H18F3N3O2/c19-18(20,21)26-15-6-1-11(2-7-15)17(25)24(13-3-4-13)14-5-8-16-12(9-14)10-22-23-16/h1-2,6-7,10,13-14H,3-5,8-9H2,(H,22,23). The number of aromatic nitrogens is 2. The molecule has 4 rings (SSSR count). The number of aromatic amines is 1. The second-order valence-electron chi connectivity index (χ2n) is 6.79. The number of fused-ring (bicyclic) bond motifs is 1. The average Bonchev–Trinajstić information content (AvgIpc) is 3.30. The van der Waals surface area contributed by atoms with E-state index in [1.54, 1.807) is 6.20 Å². The molecule has 1 unspecified atom stereocenters. The van der Waals surface area contributed by atoms with Crippen LogP contribution in [0.1, 0.15) is 40.9 Å². The molecule has 5 nitrogen and oxygen atoms in total. The zero-order chi connectivity index (χ0) is 18.3. The molecule has 26 heavy (non-hydrogen) atoms. The van der Waals surface area contributed by atoms with Crippen LogP contribution in [-0.4, -0.2) is 39.5 Å². The highest BCUT2D eigenvalue weighted by atomic mass is 19.4. The van der Waals surface area contributed by atoms with E-state index in [-0.39, 0.29) is 23.7 Å². The highest BCUT2D eigenvalue weighted by Crippen LogP contribution is 2.35. The van der Waals surface area contributed by atoms with Crippen LogP contribution in [0.2, 0.25) is 0 Å². The van der Waals surface area contributed by atoms with Crippen molar-refractivity contribution in [1.82, 2.24) is 15.1 Å². The fourth-order valence-corrected chi connectivity index (χ4v) is 3.57. The minimum Gasteiger partial charge on any atom is -0.406 e. The predicted molar refractivity (Wildman–Crippen MR) is 86.7 cm³/mol. The molecule has 0 radical (unpaired) electrons. The number of rotatable bonds is 4. The fraction of sp³-hybridized carbons (Fsp3) is 0.444. The molecule has 0 bridgehead atoms. The van der Waals surface area contributed by atoms with E-state index in [2.05, 4.69) is 14.9 Å². The van der Waals surface area contributed by atoms with E-state index in [1.807, 2.05) is 4.90 Å². The lowest BCUT2D eigenvalue weighted by Gasteiger charge is -2.34. The molecule has 1 N–H and O–H groups in total. The lowest BCUT2D eigenvalue weighted by Crippen LogP contribution is -2.44. The van der Waals surface area contributed by atoms with Crippen LogP contribution in [0, 0.1) is 0 Å². The van der Waals surface area contributed by atoms with Crippen LogP contribution in [0.5, 0.6) is 5.75 Å². The van der Waals surface area contributed by atoms with Crippen molar-refractivity contribution in [2.24, 2.45) is 0 Å². The SMILES string of the molecule is O=C(c1ccc(OC(F)(F)F)cc1)N(C1CC1)C1CCc2[nH]ncc2C1. The third-order valence-corrected chi connectivity index (χ3v) is 4.89. The Hall–Kier alpha value is -2.51. The Balaban J connectivity index is 1.51. The number of hydrogen-bond acceptors (Lipinski definition) is 3. The maximum absolute atomic E-state index is 13.0. The molecule has 8 heteroatoms. The first-order chi connectivity index (χ1) is 12.4. The second-order valence-corrected chi connectivity index (χ2v) is 6.79. The molecular formula is C18H18F3N3O2. The molecule has 2 aliphatic rings. The van der Waals surface area contributed by atoms with Gasteiger partial charge in [0.25, 0.3) is 5.91 Å². The van der Waals surface area contributed by atoms with E-state index in [9.17, 15) is 18.0 Å². The van der Waals surface area contributed by atoms with Gasteiger partial charge in [-0.15, -0.1) is 13.2 Å². The molecule has 2 aliphatic carbocycles. The number of hydrogen-bond donors (Lipinski definition) is 1. The van der Waals surface area contributed by atoms with E-state index in [0.29, 0.717) is 5.56 Å². The largest absolute Gasteiger partial charge is 0.573 e. The monoisotopic (exact) mass is 365 g/mol. The van der Waals surface area contributed by atoms with Gasteiger partial charge in [0.1, 0.15) is 5.75 Å². The van der Waals surface area contributed by atoms with Gasteiger partial charge in [0, 0.05) is 23.3 Å². The molecule has 1 aromatic carbocycles. The van der Waals surface area contributed by atoms with Crippen LogP contribution in [0.3, 0.4) is 0 Å². The lowest BCUT2D eigenvalue weighted by molar-refractivity contribution is -0.274. The summed E-state index contributed by atoms with van der Waals surface area (Å²) in [5, 5.41) is 7.05. The van der Waals surface area contributed by atoms with Crippen LogP contribution in [-0.2, 0) is 12.8 Å². The maximum Gasteiger partial charge on any atom is 0.573 e. The van der Waals surface area contributed by atoms with Gasteiger partial charge in [0.05, 0.1) is 6.20 Å². The van der Waals surface area contributed by atoms with Gasteiger partial charge >= 0.3 is 6.36 Å². The molecule has 1 saturated carbocycles. The van der Waals surface area contributed by atoms with Gasteiger partial charge in [-0.1, -0.05) is 0 Å². The summed E-state index contributed by atoms with van der Waals surface area (Å²) >= 11 is 0. The van der Waals surface area contributed by atoms with Crippen molar-refractivity contribution < 1.29 is 22.7 Å². The molecule has 0 spiro atoms. The first-order valence-electron chi connectivity index (χ1n) is 8.60. The van der Waals surface area contributed by atoms with Crippen LogP contribution < -0.4 is 4.74 Å². The Kier molecular flexibility index (Phi) is 4.13. The molecular weight excluding hydrogens is 347 g/mol. The topological polar surface area (TPSA) is 58.2 Å². The maximum atomic E-state index is 13.0. The summed E-state index contributed by atoms with van der Waals surface area (Å²) in [5.41, 5.74) is 2.64. The van der Waals surface area contributed by atoms with Crippen LogP contribution in [0.4, 0.5) is 13.2 Å². The third kappa shape index (κ3) is 3.54. The number of carbonyl (C=O) groups excluding carboxylic acids is 1. The Morgan fingerprint density at radius 2 is 1.88 bits per heavy atom. The summed E-state index contributed by atoms with van der Waals surface area (Å²) in [4.78, 5) is 14.9. The van der Waals surface area contributed by atoms with Gasteiger partial charge < -0.3 is 9.64 Å². The van der Waals surface area contributed by atoms with E-state index < -0.39 is 6.36 Å². The minimum absolute atomic E-state index is 0.0891. The molecule has 1 atom stereocenters. The zero-order valence-electron chi connectivity index (χ0n) is 13.9. The van der Waals surface area contributed by atoms with Gasteiger partial charge in [-0.25, -0.2) is 0 Å². The van der Waals surface area contributed by atoms with Crippen molar-refractivity contribution in [2.75, 3.05) is 0 Å². The first kappa shape index (κ1) is 16.9. The number of H-pyrrole nitrogens is 1. The highest BCUT2D eigenvalue weighted by molar-refractivity contribution is 5.95. The Morgan fingerprint density at radius 3 is 2.54 bits per heavy atom. The van der Waals surface area contributed by atoms with E-state index >= 15 is 0 Å². The van der Waals surface area contributed by atoms with Gasteiger partial charge in [-0.3, -0.25) is 9.89 Å². The highest BCUT2D eigenvalue weighted by Gasteiger charge is 2.39. The van der Waals surface area contributed by atoms with E-state index in [4.69, 9.17) is 0 Å². The Labute approximate surface area is 148 Å². The molecule has 1 heterocycles. The summed E-state index contributed by atoms with van der Waals surface area (Å²) in [6.45, 7) is 0. The summed E-state index contributed by atoms with van der Waals surface area (Å²) in [6, 6.07) is 5.45. The number of benzene rings is 1. The fourth-order valence-electron chi connectivity index (χ4n) is 3.57. The van der Waals surface area contributed by atoms with Crippen LogP contribution in [0.15, 0.2) is 30.5 Å². The second kappa shape index (κ2) is 6.34. The first-order valence-corrected chi connectivity index (χ1v) is 8.60. The number of nitrogens with zero attached hydrogens (tertiary/aromatic N) is 2. The molecule has 1 fully saturated rings. The van der Waals surface area contributed by atoms with Gasteiger partial charge in [0.15, 0.2) is 0 Å². The Morgan fingerprint density at radius 1 is 1.15 bits per heavy atom. The number of carbonyl (C=O) groups is 1. The van der Waals surface area contributed by atoms with Crippen molar-refractivity contribution in [3.8, 4) is 5.75 Å². The van der Waals surface area contributed by atoms with Gasteiger partial charge in [-0.2, -0.15) is 5.10 Å². The van der Waals surface area contributed by atoms with Gasteiger partial charge in [0.2, 0.25) is 0 Å². The molecule has 138 valence electrons. The predicted octanol–water partition coefficient (Wildman–Crippen LogP) is 3.47. The third-order valence-electron chi connectivity index (χ3n) is 4.89. The van der Waals surface area contributed by atoms with Crippen molar-refractivity contribution in [2.45, 2.75) is 50.6 Å². The van der Waals surface area contributed by atoms with E-state index in [1.165, 1.54) is 24.3 Å².